The fraction of sp³-hybridized carbons (Fsp3) is 0.211. The molecule has 138 valence electrons. The van der Waals surface area contributed by atoms with Gasteiger partial charge in [-0.05, 0) is 25.5 Å². The summed E-state index contributed by atoms with van der Waals surface area (Å²) in [7, 11) is -3.84. The lowest BCUT2D eigenvalue weighted by Gasteiger charge is -2.22. The number of rotatable bonds is 5. The topological polar surface area (TPSA) is 110 Å². The number of aliphatic carboxylic acids is 1. The molecule has 1 N–H and O–H groups in total. The first-order valence-corrected chi connectivity index (χ1v) is 9.78. The molecule has 0 aromatic heterocycles. The van der Waals surface area contributed by atoms with Crippen LogP contribution in [-0.4, -0.2) is 37.1 Å². The number of hydrogen-bond donors (Lipinski definition) is 1. The zero-order valence-corrected chi connectivity index (χ0v) is 15.1. The summed E-state index contributed by atoms with van der Waals surface area (Å²) in [4.78, 5) is 23.9. The molecular weight excluding hydrogens is 370 g/mol. The number of ketones is 1. The van der Waals surface area contributed by atoms with Crippen LogP contribution in [0.2, 0.25) is 0 Å². The highest BCUT2D eigenvalue weighted by Crippen LogP contribution is 2.40. The van der Waals surface area contributed by atoms with E-state index >= 15 is 0 Å². The summed E-state index contributed by atoms with van der Waals surface area (Å²) in [5, 5.41) is 8.81. The molecule has 1 atom stereocenters. The Morgan fingerprint density at radius 1 is 1.15 bits per heavy atom. The van der Waals surface area contributed by atoms with Crippen molar-refractivity contribution in [3.8, 4) is 5.75 Å². The molecule has 4 rings (SSSR count). The molecule has 1 heterocycles. The van der Waals surface area contributed by atoms with E-state index in [1.165, 1.54) is 12.1 Å². The van der Waals surface area contributed by atoms with Gasteiger partial charge in [-0.1, -0.05) is 24.3 Å². The van der Waals surface area contributed by atoms with E-state index in [0.29, 0.717) is 16.9 Å². The number of ether oxygens (including phenoxy) is 1. The third-order valence-corrected chi connectivity index (χ3v) is 5.92. The normalized spacial score (nSPS) is 16.9. The molecule has 0 bridgehead atoms. The number of sulfonamides is 1. The standard InChI is InChI=1S/C19H15NO6S/c1-10(8-9-15(21)22)26-13-6-2-4-11-16(13)19(23)12-5-3-7-14-17(12)18(11)20-27(14,24)25/h2-7,10H,8-9H2,1H3,(H,21,22). The SMILES string of the molecule is CC(CCC(=O)O)Oc1cccc2c1C(=O)c1cccc3c1C2=NS3(=O)=O. The Labute approximate surface area is 155 Å². The number of carboxylic acid groups (broad SMARTS) is 1. The molecule has 2 aliphatic rings. The van der Waals surface area contributed by atoms with E-state index in [1.807, 2.05) is 0 Å². The summed E-state index contributed by atoms with van der Waals surface area (Å²) >= 11 is 0. The van der Waals surface area contributed by atoms with Crippen LogP contribution >= 0.6 is 0 Å². The fourth-order valence-electron chi connectivity index (χ4n) is 3.38. The van der Waals surface area contributed by atoms with Crippen LogP contribution in [-0.2, 0) is 14.8 Å². The van der Waals surface area contributed by atoms with Crippen molar-refractivity contribution in [1.82, 2.24) is 0 Å². The van der Waals surface area contributed by atoms with Crippen molar-refractivity contribution in [3.63, 3.8) is 0 Å². The van der Waals surface area contributed by atoms with Gasteiger partial charge in [0.1, 0.15) is 5.75 Å². The van der Waals surface area contributed by atoms with E-state index < -0.39 is 22.1 Å². The minimum atomic E-state index is -3.84. The highest BCUT2D eigenvalue weighted by atomic mass is 32.2. The summed E-state index contributed by atoms with van der Waals surface area (Å²) < 4.78 is 34.4. The van der Waals surface area contributed by atoms with Gasteiger partial charge in [0.25, 0.3) is 10.0 Å². The van der Waals surface area contributed by atoms with Crippen LogP contribution < -0.4 is 4.74 Å². The van der Waals surface area contributed by atoms with E-state index in [4.69, 9.17) is 9.84 Å². The second-order valence-corrected chi connectivity index (χ2v) is 8.03. The molecule has 27 heavy (non-hydrogen) atoms. The van der Waals surface area contributed by atoms with Gasteiger partial charge in [0.2, 0.25) is 0 Å². The average Bonchev–Trinajstić information content (AvgIpc) is 2.90. The van der Waals surface area contributed by atoms with Crippen molar-refractivity contribution in [1.29, 1.82) is 0 Å². The average molecular weight is 385 g/mol. The third kappa shape index (κ3) is 2.73. The summed E-state index contributed by atoms with van der Waals surface area (Å²) in [6.45, 7) is 1.72. The van der Waals surface area contributed by atoms with Crippen molar-refractivity contribution in [2.45, 2.75) is 30.8 Å². The first kappa shape index (κ1) is 17.4. The van der Waals surface area contributed by atoms with Crippen LogP contribution in [0.25, 0.3) is 0 Å². The largest absolute Gasteiger partial charge is 0.490 e. The van der Waals surface area contributed by atoms with Gasteiger partial charge < -0.3 is 9.84 Å². The van der Waals surface area contributed by atoms with Gasteiger partial charge in [-0.2, -0.15) is 12.8 Å². The highest BCUT2D eigenvalue weighted by molar-refractivity contribution is 7.90. The van der Waals surface area contributed by atoms with Crippen LogP contribution in [0.15, 0.2) is 45.7 Å². The maximum atomic E-state index is 13.1. The molecule has 0 saturated carbocycles. The van der Waals surface area contributed by atoms with Crippen molar-refractivity contribution >= 4 is 27.5 Å². The maximum Gasteiger partial charge on any atom is 0.303 e. The molecule has 2 aromatic carbocycles. The number of carbonyl (C=O) groups excluding carboxylic acids is 1. The van der Waals surface area contributed by atoms with Crippen molar-refractivity contribution in [2.24, 2.45) is 4.40 Å². The minimum Gasteiger partial charge on any atom is -0.490 e. The Bertz CT molecular complexity index is 1130. The Kier molecular flexibility index (Phi) is 3.88. The van der Waals surface area contributed by atoms with Gasteiger partial charge in [-0.25, -0.2) is 0 Å². The maximum absolute atomic E-state index is 13.1. The smallest absolute Gasteiger partial charge is 0.303 e. The number of carboxylic acids is 1. The second kappa shape index (κ2) is 6.02. The quantitative estimate of drug-likeness (QED) is 0.722. The Balaban J connectivity index is 1.82. The molecular formula is C19H15NO6S. The highest BCUT2D eigenvalue weighted by Gasteiger charge is 2.40. The van der Waals surface area contributed by atoms with Crippen molar-refractivity contribution in [3.05, 3.63) is 58.7 Å². The molecule has 1 unspecified atom stereocenters. The molecule has 0 amide bonds. The predicted octanol–water partition coefficient (Wildman–Crippen LogP) is 2.40. The Morgan fingerprint density at radius 3 is 2.59 bits per heavy atom. The molecule has 1 aliphatic carbocycles. The van der Waals surface area contributed by atoms with Gasteiger partial charge in [0, 0.05) is 23.1 Å². The van der Waals surface area contributed by atoms with Gasteiger partial charge in [-0.3, -0.25) is 9.59 Å². The van der Waals surface area contributed by atoms with Crippen LogP contribution in [0.5, 0.6) is 5.75 Å². The minimum absolute atomic E-state index is 0.0372. The van der Waals surface area contributed by atoms with Crippen molar-refractivity contribution in [2.75, 3.05) is 0 Å². The molecule has 0 spiro atoms. The predicted molar refractivity (Wildman–Crippen MR) is 96.1 cm³/mol. The molecule has 8 heteroatoms. The summed E-state index contributed by atoms with van der Waals surface area (Å²) in [5.41, 5.74) is 1.52. The van der Waals surface area contributed by atoms with E-state index in [2.05, 4.69) is 4.40 Å². The number of carbonyl (C=O) groups is 2. The molecule has 0 radical (unpaired) electrons. The zero-order valence-electron chi connectivity index (χ0n) is 14.3. The number of hydrogen-bond acceptors (Lipinski definition) is 5. The van der Waals surface area contributed by atoms with E-state index in [9.17, 15) is 18.0 Å². The molecule has 0 fully saturated rings. The lowest BCUT2D eigenvalue weighted by molar-refractivity contribution is -0.137. The fourth-order valence-corrected chi connectivity index (χ4v) is 4.62. The first-order chi connectivity index (χ1) is 12.8. The number of fused-ring (bicyclic) bond motifs is 2. The lowest BCUT2D eigenvalue weighted by atomic mass is 9.83. The monoisotopic (exact) mass is 385 g/mol. The molecule has 7 nitrogen and oxygen atoms in total. The first-order valence-electron chi connectivity index (χ1n) is 8.34. The summed E-state index contributed by atoms with van der Waals surface area (Å²) in [5.74, 6) is -0.971. The van der Waals surface area contributed by atoms with E-state index in [1.54, 1.807) is 31.2 Å². The second-order valence-electron chi connectivity index (χ2n) is 6.46. The van der Waals surface area contributed by atoms with Gasteiger partial charge >= 0.3 is 5.97 Å². The van der Waals surface area contributed by atoms with Gasteiger partial charge in [-0.15, -0.1) is 0 Å². The third-order valence-electron chi connectivity index (χ3n) is 4.60. The molecule has 2 aromatic rings. The number of benzene rings is 2. The molecule has 0 saturated heterocycles. The Hall–Kier alpha value is -3.00. The summed E-state index contributed by atoms with van der Waals surface area (Å²) in [6.07, 6.45) is -0.202. The molecule has 1 aliphatic heterocycles. The van der Waals surface area contributed by atoms with Crippen LogP contribution in [0.1, 0.15) is 46.8 Å². The Morgan fingerprint density at radius 2 is 1.85 bits per heavy atom. The van der Waals surface area contributed by atoms with Crippen molar-refractivity contribution < 1.29 is 27.9 Å². The van der Waals surface area contributed by atoms with Crippen LogP contribution in [0.4, 0.5) is 0 Å². The zero-order chi connectivity index (χ0) is 19.3. The van der Waals surface area contributed by atoms with Gasteiger partial charge in [0.15, 0.2) is 5.78 Å². The van der Waals surface area contributed by atoms with E-state index in [0.717, 1.165) is 0 Å². The summed E-state index contributed by atoms with van der Waals surface area (Å²) in [6, 6.07) is 9.45. The van der Waals surface area contributed by atoms with E-state index in [-0.39, 0.29) is 40.4 Å². The van der Waals surface area contributed by atoms with Gasteiger partial charge in [0.05, 0.1) is 22.3 Å². The van der Waals surface area contributed by atoms with Crippen LogP contribution in [0.3, 0.4) is 0 Å². The number of nitrogens with zero attached hydrogens (tertiary/aromatic N) is 1. The van der Waals surface area contributed by atoms with Crippen LogP contribution in [0, 0.1) is 0 Å². The lowest BCUT2D eigenvalue weighted by Crippen LogP contribution is -2.23.